The molecule has 1 saturated heterocycles. The SMILES string of the molecule is COC(=O)C(C)NC(=O)[C@H]1CCCCN1. The Morgan fingerprint density at radius 2 is 2.20 bits per heavy atom. The van der Waals surface area contributed by atoms with Gasteiger partial charge in [0.25, 0.3) is 0 Å². The predicted octanol–water partition coefficient (Wildman–Crippen LogP) is -0.194. The summed E-state index contributed by atoms with van der Waals surface area (Å²) in [6.45, 7) is 2.48. The molecule has 5 heteroatoms. The first kappa shape index (κ1) is 12.0. The van der Waals surface area contributed by atoms with E-state index in [1.807, 2.05) is 0 Å². The van der Waals surface area contributed by atoms with E-state index in [0.29, 0.717) is 0 Å². The second-order valence-electron chi connectivity index (χ2n) is 3.76. The third-order valence-electron chi connectivity index (χ3n) is 2.54. The van der Waals surface area contributed by atoms with Gasteiger partial charge in [0.05, 0.1) is 13.2 Å². The number of piperidine rings is 1. The van der Waals surface area contributed by atoms with Crippen molar-refractivity contribution in [3.8, 4) is 0 Å². The van der Waals surface area contributed by atoms with Crippen LogP contribution in [-0.4, -0.2) is 37.6 Å². The molecule has 2 atom stereocenters. The third kappa shape index (κ3) is 3.51. The van der Waals surface area contributed by atoms with E-state index in [-0.39, 0.29) is 11.9 Å². The lowest BCUT2D eigenvalue weighted by molar-refractivity contribution is -0.144. The number of amides is 1. The van der Waals surface area contributed by atoms with Gasteiger partial charge in [-0.15, -0.1) is 0 Å². The summed E-state index contributed by atoms with van der Waals surface area (Å²) in [4.78, 5) is 22.7. The van der Waals surface area contributed by atoms with Crippen LogP contribution in [0.2, 0.25) is 0 Å². The predicted molar refractivity (Wildman–Crippen MR) is 55.3 cm³/mol. The summed E-state index contributed by atoms with van der Waals surface area (Å²) in [7, 11) is 1.31. The summed E-state index contributed by atoms with van der Waals surface area (Å²) >= 11 is 0. The molecule has 0 aliphatic carbocycles. The second kappa shape index (κ2) is 5.70. The van der Waals surface area contributed by atoms with Crippen LogP contribution < -0.4 is 10.6 Å². The average Bonchev–Trinajstić information content (AvgIpc) is 2.29. The van der Waals surface area contributed by atoms with Crippen LogP contribution in [-0.2, 0) is 14.3 Å². The molecule has 1 aliphatic heterocycles. The topological polar surface area (TPSA) is 67.4 Å². The fourth-order valence-corrected chi connectivity index (χ4v) is 1.63. The van der Waals surface area contributed by atoms with E-state index in [1.54, 1.807) is 6.92 Å². The molecule has 15 heavy (non-hydrogen) atoms. The lowest BCUT2D eigenvalue weighted by atomic mass is 10.0. The minimum absolute atomic E-state index is 0.118. The maximum atomic E-state index is 11.6. The molecule has 1 unspecified atom stereocenters. The summed E-state index contributed by atoms with van der Waals surface area (Å²) in [5.74, 6) is -0.535. The van der Waals surface area contributed by atoms with Gasteiger partial charge in [-0.3, -0.25) is 4.79 Å². The molecule has 0 spiro atoms. The number of ether oxygens (including phenoxy) is 1. The Hall–Kier alpha value is -1.10. The van der Waals surface area contributed by atoms with E-state index in [9.17, 15) is 9.59 Å². The van der Waals surface area contributed by atoms with Crippen molar-refractivity contribution in [1.82, 2.24) is 10.6 Å². The highest BCUT2D eigenvalue weighted by atomic mass is 16.5. The Morgan fingerprint density at radius 3 is 2.73 bits per heavy atom. The van der Waals surface area contributed by atoms with Gasteiger partial charge in [0.15, 0.2) is 0 Å². The molecule has 0 aromatic carbocycles. The summed E-state index contributed by atoms with van der Waals surface area (Å²) in [5.41, 5.74) is 0. The van der Waals surface area contributed by atoms with Crippen molar-refractivity contribution in [3.05, 3.63) is 0 Å². The van der Waals surface area contributed by atoms with Crippen LogP contribution >= 0.6 is 0 Å². The van der Waals surface area contributed by atoms with Gasteiger partial charge < -0.3 is 15.4 Å². The Morgan fingerprint density at radius 1 is 1.47 bits per heavy atom. The second-order valence-corrected chi connectivity index (χ2v) is 3.76. The fourth-order valence-electron chi connectivity index (χ4n) is 1.63. The summed E-state index contributed by atoms with van der Waals surface area (Å²) in [6, 6.07) is -0.739. The molecule has 0 aromatic rings. The molecule has 0 radical (unpaired) electrons. The number of hydrogen-bond donors (Lipinski definition) is 2. The van der Waals surface area contributed by atoms with Crippen LogP contribution in [0.25, 0.3) is 0 Å². The van der Waals surface area contributed by atoms with Crippen molar-refractivity contribution in [1.29, 1.82) is 0 Å². The largest absolute Gasteiger partial charge is 0.467 e. The number of nitrogens with one attached hydrogen (secondary N) is 2. The van der Waals surface area contributed by atoms with E-state index in [2.05, 4.69) is 15.4 Å². The van der Waals surface area contributed by atoms with Gasteiger partial charge >= 0.3 is 5.97 Å². The fraction of sp³-hybridized carbons (Fsp3) is 0.800. The first-order valence-electron chi connectivity index (χ1n) is 5.26. The van der Waals surface area contributed by atoms with Crippen molar-refractivity contribution in [2.24, 2.45) is 0 Å². The van der Waals surface area contributed by atoms with Crippen molar-refractivity contribution in [3.63, 3.8) is 0 Å². The maximum Gasteiger partial charge on any atom is 0.328 e. The van der Waals surface area contributed by atoms with Gasteiger partial charge in [0.1, 0.15) is 6.04 Å². The zero-order valence-electron chi connectivity index (χ0n) is 9.21. The van der Waals surface area contributed by atoms with Gasteiger partial charge in [-0.25, -0.2) is 4.79 Å². The molecular formula is C10H18N2O3. The quantitative estimate of drug-likeness (QED) is 0.639. The summed E-state index contributed by atoms with van der Waals surface area (Å²) in [5, 5.41) is 5.74. The highest BCUT2D eigenvalue weighted by Crippen LogP contribution is 2.07. The molecule has 1 heterocycles. The molecular weight excluding hydrogens is 196 g/mol. The Kier molecular flexibility index (Phi) is 4.55. The van der Waals surface area contributed by atoms with E-state index >= 15 is 0 Å². The molecule has 2 N–H and O–H groups in total. The number of hydrogen-bond acceptors (Lipinski definition) is 4. The summed E-state index contributed by atoms with van der Waals surface area (Å²) < 4.78 is 4.53. The van der Waals surface area contributed by atoms with Crippen LogP contribution in [0, 0.1) is 0 Å². The molecule has 0 saturated carbocycles. The van der Waals surface area contributed by atoms with Crippen LogP contribution in [0.4, 0.5) is 0 Å². The first-order chi connectivity index (χ1) is 7.15. The molecule has 5 nitrogen and oxygen atoms in total. The highest BCUT2D eigenvalue weighted by Gasteiger charge is 2.23. The molecule has 1 fully saturated rings. The Bertz CT molecular complexity index is 237. The first-order valence-corrected chi connectivity index (χ1v) is 5.26. The van der Waals surface area contributed by atoms with Crippen molar-refractivity contribution in [2.75, 3.05) is 13.7 Å². The molecule has 1 rings (SSSR count). The zero-order valence-corrected chi connectivity index (χ0v) is 9.21. The minimum Gasteiger partial charge on any atom is -0.467 e. The van der Waals surface area contributed by atoms with Gasteiger partial charge in [-0.1, -0.05) is 6.42 Å². The van der Waals surface area contributed by atoms with Crippen molar-refractivity contribution < 1.29 is 14.3 Å². The number of carbonyl (C=O) groups is 2. The molecule has 1 amide bonds. The standard InChI is InChI=1S/C10H18N2O3/c1-7(10(14)15-2)12-9(13)8-5-3-4-6-11-8/h7-8,11H,3-6H2,1-2H3,(H,12,13)/t7?,8-/m1/s1. The van der Waals surface area contributed by atoms with Crippen LogP contribution in [0.1, 0.15) is 26.2 Å². The van der Waals surface area contributed by atoms with Crippen molar-refractivity contribution >= 4 is 11.9 Å². The number of rotatable bonds is 3. The van der Waals surface area contributed by atoms with Crippen molar-refractivity contribution in [2.45, 2.75) is 38.3 Å². The van der Waals surface area contributed by atoms with E-state index in [4.69, 9.17) is 0 Å². The molecule has 86 valence electrons. The summed E-state index contributed by atoms with van der Waals surface area (Å²) in [6.07, 6.45) is 2.99. The monoisotopic (exact) mass is 214 g/mol. The lowest BCUT2D eigenvalue weighted by Gasteiger charge is -2.23. The molecule has 1 aliphatic rings. The van der Waals surface area contributed by atoms with Gasteiger partial charge in [0.2, 0.25) is 5.91 Å². The highest BCUT2D eigenvalue weighted by molar-refractivity contribution is 5.87. The van der Waals surface area contributed by atoms with E-state index < -0.39 is 12.0 Å². The van der Waals surface area contributed by atoms with Gasteiger partial charge in [-0.05, 0) is 26.3 Å². The number of esters is 1. The average molecular weight is 214 g/mol. The molecule has 0 bridgehead atoms. The van der Waals surface area contributed by atoms with Crippen LogP contribution in [0.15, 0.2) is 0 Å². The lowest BCUT2D eigenvalue weighted by Crippen LogP contribution is -2.50. The minimum atomic E-state index is -0.578. The third-order valence-corrected chi connectivity index (χ3v) is 2.54. The van der Waals surface area contributed by atoms with Crippen LogP contribution in [0.3, 0.4) is 0 Å². The smallest absolute Gasteiger partial charge is 0.328 e. The normalized spacial score (nSPS) is 22.9. The number of methoxy groups -OCH3 is 1. The Labute approximate surface area is 89.6 Å². The van der Waals surface area contributed by atoms with Gasteiger partial charge in [-0.2, -0.15) is 0 Å². The maximum absolute atomic E-state index is 11.6. The molecule has 0 aromatic heterocycles. The van der Waals surface area contributed by atoms with Crippen LogP contribution in [0.5, 0.6) is 0 Å². The van der Waals surface area contributed by atoms with E-state index in [0.717, 1.165) is 25.8 Å². The number of carbonyl (C=O) groups excluding carboxylic acids is 2. The van der Waals surface area contributed by atoms with Gasteiger partial charge in [0, 0.05) is 0 Å². The zero-order chi connectivity index (χ0) is 11.3. The Balaban J connectivity index is 2.36. The van der Waals surface area contributed by atoms with E-state index in [1.165, 1.54) is 7.11 Å².